The maximum Gasteiger partial charge on any atom is 0.222 e. The fourth-order valence-electron chi connectivity index (χ4n) is 1.50. The van der Waals surface area contributed by atoms with E-state index in [4.69, 9.17) is 11.5 Å². The number of nitrogens with two attached hydrogens (primary N) is 2. The number of nitrogens with zero attached hydrogens (tertiary/aromatic N) is 2. The highest BCUT2D eigenvalue weighted by Crippen LogP contribution is 2.23. The van der Waals surface area contributed by atoms with Gasteiger partial charge in [-0.25, -0.2) is 13.4 Å². The van der Waals surface area contributed by atoms with Gasteiger partial charge in [-0.15, -0.1) is 0 Å². The van der Waals surface area contributed by atoms with Crippen LogP contribution in [-0.4, -0.2) is 24.1 Å². The summed E-state index contributed by atoms with van der Waals surface area (Å²) < 4.78 is 22.6. The van der Waals surface area contributed by atoms with Crippen LogP contribution in [0.4, 0.5) is 11.8 Å². The predicted octanol–water partition coefficient (Wildman–Crippen LogP) is -0.888. The molecule has 0 radical (unpaired) electrons. The third kappa shape index (κ3) is 1.50. The molecule has 7 heteroatoms. The number of hydrogen-bond acceptors (Lipinski definition) is 6. The third-order valence-corrected chi connectivity index (χ3v) is 3.70. The standard InChI is InChI=1S/C7H10N4O2S/c8-6-4-1-2-14(12,13)3-5(4)10-7(9)11-6/h1-3H2,(H4,8,9,10,11). The van der Waals surface area contributed by atoms with E-state index < -0.39 is 9.84 Å². The Kier molecular flexibility index (Phi) is 1.84. The Morgan fingerprint density at radius 1 is 1.21 bits per heavy atom. The van der Waals surface area contributed by atoms with Crippen molar-refractivity contribution in [1.82, 2.24) is 9.97 Å². The number of anilines is 2. The molecule has 1 aliphatic heterocycles. The molecule has 1 aliphatic rings. The summed E-state index contributed by atoms with van der Waals surface area (Å²) in [4.78, 5) is 7.66. The van der Waals surface area contributed by atoms with Crippen LogP contribution in [-0.2, 0) is 22.0 Å². The summed E-state index contributed by atoms with van der Waals surface area (Å²) in [6.07, 6.45) is 0.379. The minimum Gasteiger partial charge on any atom is -0.383 e. The molecule has 1 aromatic rings. The molecule has 1 aromatic heterocycles. The Hall–Kier alpha value is -1.37. The number of rotatable bonds is 0. The van der Waals surface area contributed by atoms with Gasteiger partial charge in [0.25, 0.3) is 0 Å². The van der Waals surface area contributed by atoms with Crippen LogP contribution in [0, 0.1) is 0 Å². The Morgan fingerprint density at radius 2 is 1.93 bits per heavy atom. The first-order valence-corrected chi connectivity index (χ1v) is 5.91. The highest BCUT2D eigenvalue weighted by Gasteiger charge is 2.24. The average molecular weight is 214 g/mol. The lowest BCUT2D eigenvalue weighted by Gasteiger charge is -2.16. The monoisotopic (exact) mass is 214 g/mol. The summed E-state index contributed by atoms with van der Waals surface area (Å²) in [5.41, 5.74) is 12.1. The van der Waals surface area contributed by atoms with E-state index in [9.17, 15) is 8.42 Å². The first-order chi connectivity index (χ1) is 6.48. The zero-order valence-electron chi connectivity index (χ0n) is 7.40. The van der Waals surface area contributed by atoms with Crippen molar-refractivity contribution in [1.29, 1.82) is 0 Å². The Morgan fingerprint density at radius 3 is 2.64 bits per heavy atom. The highest BCUT2D eigenvalue weighted by molar-refractivity contribution is 7.90. The number of nitrogen functional groups attached to an aromatic ring is 2. The molecule has 0 unspecified atom stereocenters. The number of sulfone groups is 1. The molecule has 0 saturated carbocycles. The molecule has 0 atom stereocenters. The smallest absolute Gasteiger partial charge is 0.222 e. The van der Waals surface area contributed by atoms with Crippen LogP contribution in [0.2, 0.25) is 0 Å². The van der Waals surface area contributed by atoms with Gasteiger partial charge in [-0.3, -0.25) is 0 Å². The second-order valence-corrected chi connectivity index (χ2v) is 5.42. The minimum atomic E-state index is -3.03. The lowest BCUT2D eigenvalue weighted by atomic mass is 10.1. The average Bonchev–Trinajstić information content (AvgIpc) is 2.00. The molecule has 0 aromatic carbocycles. The van der Waals surface area contributed by atoms with E-state index >= 15 is 0 Å². The molecule has 0 amide bonds. The van der Waals surface area contributed by atoms with E-state index in [1.165, 1.54) is 0 Å². The maximum absolute atomic E-state index is 11.3. The van der Waals surface area contributed by atoms with Gasteiger partial charge in [0, 0.05) is 5.56 Å². The van der Waals surface area contributed by atoms with E-state index in [0.29, 0.717) is 23.5 Å². The summed E-state index contributed by atoms with van der Waals surface area (Å²) >= 11 is 0. The van der Waals surface area contributed by atoms with Crippen molar-refractivity contribution in [2.24, 2.45) is 0 Å². The van der Waals surface area contributed by atoms with Crippen molar-refractivity contribution < 1.29 is 8.42 Å². The van der Waals surface area contributed by atoms with Crippen molar-refractivity contribution in [3.05, 3.63) is 11.3 Å². The molecule has 0 spiro atoms. The van der Waals surface area contributed by atoms with Crippen molar-refractivity contribution in [2.75, 3.05) is 17.2 Å². The summed E-state index contributed by atoms with van der Waals surface area (Å²) in [6.45, 7) is 0. The molecule has 0 bridgehead atoms. The van der Waals surface area contributed by atoms with Crippen LogP contribution >= 0.6 is 0 Å². The lowest BCUT2D eigenvalue weighted by Crippen LogP contribution is -2.22. The number of aromatic nitrogens is 2. The van der Waals surface area contributed by atoms with Gasteiger partial charge in [0.2, 0.25) is 5.95 Å². The van der Waals surface area contributed by atoms with Crippen molar-refractivity contribution in [3.63, 3.8) is 0 Å². The lowest BCUT2D eigenvalue weighted by molar-refractivity contribution is 0.590. The fraction of sp³-hybridized carbons (Fsp3) is 0.429. The zero-order valence-corrected chi connectivity index (χ0v) is 8.21. The molecule has 4 N–H and O–H groups in total. The molecule has 0 aliphatic carbocycles. The van der Waals surface area contributed by atoms with Gasteiger partial charge in [0.15, 0.2) is 9.84 Å². The Balaban J connectivity index is 2.58. The second-order valence-electron chi connectivity index (χ2n) is 3.23. The quantitative estimate of drug-likeness (QED) is 0.579. The van der Waals surface area contributed by atoms with Crippen LogP contribution in [0.1, 0.15) is 11.3 Å². The molecule has 76 valence electrons. The molecule has 2 heterocycles. The van der Waals surface area contributed by atoms with Crippen LogP contribution in [0.15, 0.2) is 0 Å². The van der Waals surface area contributed by atoms with Gasteiger partial charge >= 0.3 is 0 Å². The first-order valence-electron chi connectivity index (χ1n) is 4.09. The largest absolute Gasteiger partial charge is 0.383 e. The summed E-state index contributed by atoms with van der Waals surface area (Å²) in [5.74, 6) is 0.345. The van der Waals surface area contributed by atoms with E-state index in [0.717, 1.165) is 0 Å². The van der Waals surface area contributed by atoms with E-state index in [-0.39, 0.29) is 17.5 Å². The highest BCUT2D eigenvalue weighted by atomic mass is 32.2. The van der Waals surface area contributed by atoms with Gasteiger partial charge in [0.05, 0.1) is 17.2 Å². The van der Waals surface area contributed by atoms with E-state index in [1.807, 2.05) is 0 Å². The molecular formula is C7H10N4O2S. The first kappa shape index (κ1) is 9.20. The topological polar surface area (TPSA) is 112 Å². The second kappa shape index (κ2) is 2.81. The van der Waals surface area contributed by atoms with Crippen LogP contribution in [0.25, 0.3) is 0 Å². The summed E-state index contributed by atoms with van der Waals surface area (Å²) in [7, 11) is -3.03. The van der Waals surface area contributed by atoms with Gasteiger partial charge in [-0.05, 0) is 6.42 Å². The Bertz CT molecular complexity index is 483. The molecular weight excluding hydrogens is 204 g/mol. The molecule has 6 nitrogen and oxygen atoms in total. The minimum absolute atomic E-state index is 0.0263. The molecule has 2 rings (SSSR count). The van der Waals surface area contributed by atoms with Crippen LogP contribution in [0.3, 0.4) is 0 Å². The van der Waals surface area contributed by atoms with Crippen molar-refractivity contribution in [3.8, 4) is 0 Å². The van der Waals surface area contributed by atoms with Gasteiger partial charge in [-0.1, -0.05) is 0 Å². The normalized spacial score (nSPS) is 18.9. The SMILES string of the molecule is Nc1nc(N)c2c(n1)CS(=O)(=O)CC2. The van der Waals surface area contributed by atoms with Crippen molar-refractivity contribution in [2.45, 2.75) is 12.2 Å². The molecule has 14 heavy (non-hydrogen) atoms. The van der Waals surface area contributed by atoms with Crippen LogP contribution in [0.5, 0.6) is 0 Å². The van der Waals surface area contributed by atoms with Crippen molar-refractivity contribution >= 4 is 21.6 Å². The van der Waals surface area contributed by atoms with Gasteiger partial charge in [0.1, 0.15) is 5.82 Å². The molecule has 0 fully saturated rings. The maximum atomic E-state index is 11.3. The van der Waals surface area contributed by atoms with Gasteiger partial charge in [-0.2, -0.15) is 4.98 Å². The zero-order chi connectivity index (χ0) is 10.3. The third-order valence-electron chi connectivity index (χ3n) is 2.16. The fourth-order valence-corrected chi connectivity index (χ4v) is 2.81. The predicted molar refractivity (Wildman–Crippen MR) is 52.1 cm³/mol. The number of fused-ring (bicyclic) bond motifs is 1. The van der Waals surface area contributed by atoms with Crippen LogP contribution < -0.4 is 11.5 Å². The summed E-state index contributed by atoms with van der Waals surface area (Å²) in [6, 6.07) is 0. The van der Waals surface area contributed by atoms with E-state index in [2.05, 4.69) is 9.97 Å². The van der Waals surface area contributed by atoms with Gasteiger partial charge < -0.3 is 11.5 Å². The summed E-state index contributed by atoms with van der Waals surface area (Å²) in [5, 5.41) is 0. The number of hydrogen-bond donors (Lipinski definition) is 2. The molecule has 0 saturated heterocycles. The van der Waals surface area contributed by atoms with E-state index in [1.54, 1.807) is 0 Å². The Labute approximate surface area is 81.3 Å².